The number of nitrogens with zero attached hydrogens (tertiary/aromatic N) is 2. The SMILES string of the molecule is CC[C@@H]1/C=C(\C)C[C@H](C)C[C@H](OC)[C@H]2O[C@@](O)(C(=O)C(=O)N3CCCC[C@H]3C(=O)O[C@H](/C(C)=C/[C@@H]3CC[C@@H](OCc4ncc(-c5ccccc5)[nH]4)[C@H](OC)C3)[C@H](C)[C@@H](O)CC1=O)[C@H](C)C[C@@H]2OC. The molecule has 2 bridgehead atoms. The van der Waals surface area contributed by atoms with Crippen molar-refractivity contribution in [1.82, 2.24) is 14.9 Å². The van der Waals surface area contributed by atoms with Gasteiger partial charge in [0.25, 0.3) is 11.7 Å². The Kier molecular flexibility index (Phi) is 18.9. The maximum atomic E-state index is 14.6. The Morgan fingerprint density at radius 3 is 2.32 bits per heavy atom. The number of aromatic amines is 1. The van der Waals surface area contributed by atoms with E-state index in [-0.39, 0.29) is 62.2 Å². The van der Waals surface area contributed by atoms with Crippen LogP contribution >= 0.6 is 0 Å². The second-order valence-electron chi connectivity index (χ2n) is 20.0. The number of fused-ring (bicyclic) bond motifs is 3. The minimum absolute atomic E-state index is 0.00531. The lowest BCUT2D eigenvalue weighted by Gasteiger charge is -2.47. The molecule has 2 saturated heterocycles. The number of hydrogen-bond donors (Lipinski definition) is 3. The number of imidazole rings is 1. The number of carbonyl (C=O) groups is 4. The van der Waals surface area contributed by atoms with Crippen molar-refractivity contribution in [3.63, 3.8) is 0 Å². The van der Waals surface area contributed by atoms with E-state index < -0.39 is 77.8 Å². The van der Waals surface area contributed by atoms with Gasteiger partial charge in [-0.25, -0.2) is 9.78 Å². The molecule has 3 aliphatic heterocycles. The number of rotatable bonds is 10. The van der Waals surface area contributed by atoms with Gasteiger partial charge in [0, 0.05) is 52.0 Å². The third kappa shape index (κ3) is 12.6. The Morgan fingerprint density at radius 2 is 1.63 bits per heavy atom. The molecule has 68 heavy (non-hydrogen) atoms. The summed E-state index contributed by atoms with van der Waals surface area (Å²) in [6, 6.07) is 8.82. The van der Waals surface area contributed by atoms with Gasteiger partial charge in [0.15, 0.2) is 0 Å². The average Bonchev–Trinajstić information content (AvgIpc) is 3.82. The van der Waals surface area contributed by atoms with E-state index in [0.717, 1.165) is 23.3 Å². The third-order valence-corrected chi connectivity index (χ3v) is 15.0. The van der Waals surface area contributed by atoms with Crippen LogP contribution in [-0.2, 0) is 54.2 Å². The summed E-state index contributed by atoms with van der Waals surface area (Å²) in [5, 5.41) is 24.0. The van der Waals surface area contributed by atoms with Crippen LogP contribution in [0, 0.1) is 29.6 Å². The first kappa shape index (κ1) is 53.3. The summed E-state index contributed by atoms with van der Waals surface area (Å²) in [7, 11) is 4.74. The lowest BCUT2D eigenvalue weighted by atomic mass is 9.81. The molecule has 6 rings (SSSR count). The van der Waals surface area contributed by atoms with E-state index >= 15 is 0 Å². The Labute approximate surface area is 402 Å². The van der Waals surface area contributed by atoms with Gasteiger partial charge < -0.3 is 48.5 Å². The van der Waals surface area contributed by atoms with Gasteiger partial charge in [-0.2, -0.15) is 0 Å². The molecule has 14 atom stereocenters. The Bertz CT molecular complexity index is 2070. The van der Waals surface area contributed by atoms with Gasteiger partial charge in [-0.05, 0) is 101 Å². The molecule has 2 aromatic rings. The van der Waals surface area contributed by atoms with Crippen LogP contribution in [0.4, 0.5) is 0 Å². The van der Waals surface area contributed by atoms with E-state index in [4.69, 9.17) is 28.4 Å². The highest BCUT2D eigenvalue weighted by Crippen LogP contribution is 2.39. The van der Waals surface area contributed by atoms with Gasteiger partial charge in [-0.15, -0.1) is 0 Å². The van der Waals surface area contributed by atoms with Gasteiger partial charge in [-0.1, -0.05) is 75.8 Å². The first-order chi connectivity index (χ1) is 32.5. The molecule has 376 valence electrons. The molecule has 4 aliphatic rings. The molecular formula is C53H77N3O12. The maximum absolute atomic E-state index is 14.6. The van der Waals surface area contributed by atoms with Crippen LogP contribution in [0.5, 0.6) is 0 Å². The molecule has 0 radical (unpaired) electrons. The predicted molar refractivity (Wildman–Crippen MR) is 255 cm³/mol. The first-order valence-electron chi connectivity index (χ1n) is 24.8. The monoisotopic (exact) mass is 948 g/mol. The molecule has 1 saturated carbocycles. The summed E-state index contributed by atoms with van der Waals surface area (Å²) >= 11 is 0. The molecule has 15 heteroatoms. The van der Waals surface area contributed by atoms with Crippen molar-refractivity contribution in [1.29, 1.82) is 0 Å². The van der Waals surface area contributed by atoms with Crippen molar-refractivity contribution in [2.24, 2.45) is 29.6 Å². The lowest BCUT2D eigenvalue weighted by molar-refractivity contribution is -0.302. The molecule has 3 N–H and O–H groups in total. The van der Waals surface area contributed by atoms with Crippen LogP contribution in [0.3, 0.4) is 0 Å². The van der Waals surface area contributed by atoms with Crippen molar-refractivity contribution in [3.8, 4) is 11.3 Å². The summed E-state index contributed by atoms with van der Waals surface area (Å²) < 4.78 is 36.8. The summed E-state index contributed by atoms with van der Waals surface area (Å²) in [6.07, 6.45) is 6.32. The van der Waals surface area contributed by atoms with Crippen molar-refractivity contribution in [2.75, 3.05) is 27.9 Å². The second-order valence-corrected chi connectivity index (χ2v) is 20.0. The summed E-state index contributed by atoms with van der Waals surface area (Å²) in [5.41, 5.74) is 3.63. The number of hydrogen-bond acceptors (Lipinski definition) is 13. The fourth-order valence-electron chi connectivity index (χ4n) is 11.0. The number of allylic oxidation sites excluding steroid dienone is 3. The molecule has 4 heterocycles. The number of nitrogens with one attached hydrogen (secondary N) is 1. The normalized spacial score (nSPS) is 36.3. The number of cyclic esters (lactones) is 1. The van der Waals surface area contributed by atoms with Crippen molar-refractivity contribution >= 4 is 23.4 Å². The fraction of sp³-hybridized carbons (Fsp3) is 0.679. The molecular weight excluding hydrogens is 871 g/mol. The zero-order valence-electron chi connectivity index (χ0n) is 41.7. The highest BCUT2D eigenvalue weighted by atomic mass is 16.7. The number of aliphatic hydroxyl groups excluding tert-OH is 1. The number of H-pyrrole nitrogens is 1. The van der Waals surface area contributed by atoms with E-state index in [9.17, 15) is 29.4 Å². The largest absolute Gasteiger partial charge is 0.456 e. The number of aromatic nitrogens is 2. The molecule has 1 amide bonds. The van der Waals surface area contributed by atoms with Crippen LogP contribution in [0.2, 0.25) is 0 Å². The average molecular weight is 948 g/mol. The summed E-state index contributed by atoms with van der Waals surface area (Å²) in [4.78, 5) is 66.4. The molecule has 3 fully saturated rings. The number of ether oxygens (including phenoxy) is 6. The summed E-state index contributed by atoms with van der Waals surface area (Å²) in [6.45, 7) is 11.6. The smallest absolute Gasteiger partial charge is 0.329 e. The van der Waals surface area contributed by atoms with Crippen LogP contribution < -0.4 is 0 Å². The van der Waals surface area contributed by atoms with E-state index in [1.165, 1.54) is 19.1 Å². The number of aliphatic hydroxyl groups is 2. The van der Waals surface area contributed by atoms with Gasteiger partial charge >= 0.3 is 5.97 Å². The first-order valence-corrected chi connectivity index (χ1v) is 24.8. The van der Waals surface area contributed by atoms with Crippen LogP contribution in [0.25, 0.3) is 11.3 Å². The topological polar surface area (TPSA) is 196 Å². The van der Waals surface area contributed by atoms with Gasteiger partial charge in [0.2, 0.25) is 5.79 Å². The third-order valence-electron chi connectivity index (χ3n) is 15.0. The number of benzene rings is 1. The molecule has 1 aromatic heterocycles. The van der Waals surface area contributed by atoms with Crippen molar-refractivity contribution in [2.45, 2.75) is 173 Å². The highest BCUT2D eigenvalue weighted by molar-refractivity contribution is 6.39. The Morgan fingerprint density at radius 1 is 0.926 bits per heavy atom. The lowest BCUT2D eigenvalue weighted by Crippen LogP contribution is -2.64. The predicted octanol–water partition coefficient (Wildman–Crippen LogP) is 7.09. The number of amides is 1. The Balaban J connectivity index is 1.26. The van der Waals surface area contributed by atoms with E-state index in [0.29, 0.717) is 56.3 Å². The van der Waals surface area contributed by atoms with Crippen LogP contribution in [0.15, 0.2) is 59.8 Å². The van der Waals surface area contributed by atoms with Gasteiger partial charge in [0.1, 0.15) is 36.5 Å². The number of Topliss-reactive ketones (excluding diaryl/α,β-unsaturated/α-hetero) is 2. The number of piperidine rings is 1. The van der Waals surface area contributed by atoms with E-state index in [1.807, 2.05) is 57.2 Å². The second kappa shape index (κ2) is 24.2. The van der Waals surface area contributed by atoms with Crippen LogP contribution in [-0.4, -0.2) is 131 Å². The minimum atomic E-state index is -2.51. The molecule has 1 aliphatic carbocycles. The van der Waals surface area contributed by atoms with Crippen molar-refractivity contribution in [3.05, 3.63) is 65.7 Å². The minimum Gasteiger partial charge on any atom is -0.456 e. The molecule has 15 nitrogen and oxygen atoms in total. The molecule has 1 aromatic carbocycles. The Hall–Kier alpha value is -4.09. The van der Waals surface area contributed by atoms with Crippen LogP contribution in [0.1, 0.15) is 118 Å². The maximum Gasteiger partial charge on any atom is 0.329 e. The zero-order chi connectivity index (χ0) is 49.3. The summed E-state index contributed by atoms with van der Waals surface area (Å²) in [5.74, 6) is -6.82. The number of methoxy groups -OCH3 is 3. The standard InChI is InChI=1S/C53H77N3O12/c1-10-37-23-31(2)22-32(3)24-45(64-8)49-46(65-9)26-34(5)53(62,68-49)50(59)51(60)56-21-15-14-18-40(56)52(61)67-48(35(6)41(57)28-42(37)58)33(4)25-36-19-20-43(44(27-36)63-7)66-30-47-54-29-39(55-47)38-16-12-11-13-17-38/h11-13,16-17,23,25,29,32,34-37,40-41,43-46,48-49,57,62H,10,14-15,18-22,24,26-28,30H2,1-9H3,(H,54,55)/b31-23+,33-25+/t32-,34+,35+,36-,37+,40-,41-,43+,44+,45-,46-,48+,49+,53+/m0/s1. The zero-order valence-corrected chi connectivity index (χ0v) is 41.7. The number of ketones is 2. The highest BCUT2D eigenvalue weighted by Gasteiger charge is 2.56. The quantitative estimate of drug-likeness (QED) is 0.124. The van der Waals surface area contributed by atoms with Gasteiger partial charge in [-0.3, -0.25) is 14.4 Å². The van der Waals surface area contributed by atoms with Crippen molar-refractivity contribution < 1.29 is 57.8 Å². The van der Waals surface area contributed by atoms with E-state index in [1.54, 1.807) is 27.2 Å². The van der Waals surface area contributed by atoms with Gasteiger partial charge in [0.05, 0.1) is 42.4 Å². The molecule has 0 spiro atoms. The molecule has 0 unspecified atom stereocenters. The number of esters is 1. The fourth-order valence-corrected chi connectivity index (χ4v) is 11.0. The number of carbonyl (C=O) groups excluding carboxylic acids is 4. The van der Waals surface area contributed by atoms with E-state index in [2.05, 4.69) is 23.0 Å².